The van der Waals surface area contributed by atoms with E-state index in [-0.39, 0.29) is 0 Å². The zero-order valence-corrected chi connectivity index (χ0v) is 25.6. The first-order valence-electron chi connectivity index (χ1n) is 16.4. The second-order valence-corrected chi connectivity index (χ2v) is 12.6. The highest BCUT2D eigenvalue weighted by molar-refractivity contribution is 4.79. The van der Waals surface area contributed by atoms with Crippen LogP contribution < -0.4 is 0 Å². The SMILES string of the molecule is CCCCCCCCCCCCC(C)C(CCCCCC)C(C)C(C)C(C)CCC(C)CCC. The van der Waals surface area contributed by atoms with Crippen LogP contribution in [-0.4, -0.2) is 0 Å². The number of hydrogen-bond acceptors (Lipinski definition) is 0. The first-order chi connectivity index (χ1) is 16.4. The standard InChI is InChI=1S/C34H70/c1-9-12-14-16-17-18-19-20-21-22-25-31(6)34(26-23-15-13-10-2)33(8)32(7)30(5)28-27-29(4)24-11-3/h29-34H,9-28H2,1-8H3. The van der Waals surface area contributed by atoms with E-state index in [0.29, 0.717) is 0 Å². The van der Waals surface area contributed by atoms with Crippen LogP contribution in [0.1, 0.15) is 184 Å². The van der Waals surface area contributed by atoms with Crippen molar-refractivity contribution in [2.24, 2.45) is 35.5 Å². The highest BCUT2D eigenvalue weighted by Gasteiger charge is 2.29. The summed E-state index contributed by atoms with van der Waals surface area (Å²) in [5.74, 6) is 5.35. The van der Waals surface area contributed by atoms with Crippen molar-refractivity contribution < 1.29 is 0 Å². The zero-order chi connectivity index (χ0) is 25.6. The highest BCUT2D eigenvalue weighted by Crippen LogP contribution is 2.38. The lowest BCUT2D eigenvalue weighted by Crippen LogP contribution is -2.28. The monoisotopic (exact) mass is 479 g/mol. The van der Waals surface area contributed by atoms with Crippen molar-refractivity contribution in [3.63, 3.8) is 0 Å². The van der Waals surface area contributed by atoms with Crippen molar-refractivity contribution in [2.75, 3.05) is 0 Å². The molecule has 0 N–H and O–H groups in total. The second kappa shape index (κ2) is 23.4. The predicted octanol–water partition coefficient (Wildman–Crippen LogP) is 12.6. The largest absolute Gasteiger partial charge is 0.0654 e. The van der Waals surface area contributed by atoms with Crippen molar-refractivity contribution in [1.82, 2.24) is 0 Å². The first kappa shape index (κ1) is 34.0. The maximum Gasteiger partial charge on any atom is -0.0360 e. The molecule has 0 aliphatic rings. The molecule has 0 saturated heterocycles. The molecule has 0 spiro atoms. The molecule has 0 heterocycles. The van der Waals surface area contributed by atoms with E-state index in [1.54, 1.807) is 0 Å². The average Bonchev–Trinajstić information content (AvgIpc) is 2.82. The lowest BCUT2D eigenvalue weighted by molar-refractivity contribution is 0.130. The lowest BCUT2D eigenvalue weighted by Gasteiger charge is -2.37. The summed E-state index contributed by atoms with van der Waals surface area (Å²) in [5.41, 5.74) is 0. The average molecular weight is 479 g/mol. The summed E-state index contributed by atoms with van der Waals surface area (Å²) in [5, 5.41) is 0. The van der Waals surface area contributed by atoms with Crippen LogP contribution in [0.4, 0.5) is 0 Å². The van der Waals surface area contributed by atoms with Gasteiger partial charge in [-0.2, -0.15) is 0 Å². The van der Waals surface area contributed by atoms with Gasteiger partial charge in [0.25, 0.3) is 0 Å². The fraction of sp³-hybridized carbons (Fsp3) is 1.00. The lowest BCUT2D eigenvalue weighted by atomic mass is 9.69. The fourth-order valence-corrected chi connectivity index (χ4v) is 6.40. The molecule has 6 unspecified atom stereocenters. The predicted molar refractivity (Wildman–Crippen MR) is 159 cm³/mol. The molecule has 34 heavy (non-hydrogen) atoms. The van der Waals surface area contributed by atoms with Crippen LogP contribution in [0, 0.1) is 35.5 Å². The molecule has 0 aliphatic carbocycles. The van der Waals surface area contributed by atoms with Crippen LogP contribution in [0.25, 0.3) is 0 Å². The summed E-state index contributed by atoms with van der Waals surface area (Å²) >= 11 is 0. The summed E-state index contributed by atoms with van der Waals surface area (Å²) in [7, 11) is 0. The van der Waals surface area contributed by atoms with E-state index in [9.17, 15) is 0 Å². The van der Waals surface area contributed by atoms with E-state index in [4.69, 9.17) is 0 Å². The van der Waals surface area contributed by atoms with Gasteiger partial charge >= 0.3 is 0 Å². The van der Waals surface area contributed by atoms with Gasteiger partial charge in [0.1, 0.15) is 0 Å². The Hall–Kier alpha value is 0. The molecule has 0 amide bonds. The molecule has 206 valence electrons. The Kier molecular flexibility index (Phi) is 23.4. The second-order valence-electron chi connectivity index (χ2n) is 12.6. The topological polar surface area (TPSA) is 0 Å². The van der Waals surface area contributed by atoms with Gasteiger partial charge in [0.05, 0.1) is 0 Å². The van der Waals surface area contributed by atoms with Crippen LogP contribution in [0.15, 0.2) is 0 Å². The fourth-order valence-electron chi connectivity index (χ4n) is 6.40. The van der Waals surface area contributed by atoms with Gasteiger partial charge in [-0.05, 0) is 41.9 Å². The third kappa shape index (κ3) is 17.4. The Morgan fingerprint density at radius 1 is 0.353 bits per heavy atom. The van der Waals surface area contributed by atoms with E-state index in [0.717, 1.165) is 35.5 Å². The van der Waals surface area contributed by atoms with Gasteiger partial charge in [-0.15, -0.1) is 0 Å². The minimum atomic E-state index is 0.861. The van der Waals surface area contributed by atoms with Crippen molar-refractivity contribution in [1.29, 1.82) is 0 Å². The summed E-state index contributed by atoms with van der Waals surface area (Å²) in [6.07, 6.45) is 28.8. The van der Waals surface area contributed by atoms with Gasteiger partial charge < -0.3 is 0 Å². The normalized spacial score (nSPS) is 17.3. The molecule has 0 aromatic carbocycles. The molecule has 0 radical (unpaired) electrons. The molecule has 0 aromatic heterocycles. The Bertz CT molecular complexity index is 399. The quantitative estimate of drug-likeness (QED) is 0.114. The van der Waals surface area contributed by atoms with Crippen molar-refractivity contribution in [2.45, 2.75) is 184 Å². The maximum atomic E-state index is 2.62. The van der Waals surface area contributed by atoms with Crippen LogP contribution in [0.5, 0.6) is 0 Å². The summed E-state index contributed by atoms with van der Waals surface area (Å²) in [6.45, 7) is 19.8. The van der Waals surface area contributed by atoms with Crippen molar-refractivity contribution >= 4 is 0 Å². The van der Waals surface area contributed by atoms with Crippen molar-refractivity contribution in [3.8, 4) is 0 Å². The van der Waals surface area contributed by atoms with Gasteiger partial charge in [0.15, 0.2) is 0 Å². The summed E-state index contributed by atoms with van der Waals surface area (Å²) in [4.78, 5) is 0. The van der Waals surface area contributed by atoms with Gasteiger partial charge in [-0.25, -0.2) is 0 Å². The Labute approximate surface area is 219 Å². The van der Waals surface area contributed by atoms with Gasteiger partial charge in [-0.3, -0.25) is 0 Å². The smallest absolute Gasteiger partial charge is 0.0360 e. The van der Waals surface area contributed by atoms with Crippen LogP contribution in [-0.2, 0) is 0 Å². The maximum absolute atomic E-state index is 2.62. The number of hydrogen-bond donors (Lipinski definition) is 0. The first-order valence-corrected chi connectivity index (χ1v) is 16.4. The third-order valence-electron chi connectivity index (χ3n) is 9.43. The minimum absolute atomic E-state index is 0.861. The molecule has 0 aromatic rings. The summed E-state index contributed by atoms with van der Waals surface area (Å²) in [6, 6.07) is 0. The Morgan fingerprint density at radius 3 is 1.35 bits per heavy atom. The Morgan fingerprint density at radius 2 is 0.824 bits per heavy atom. The van der Waals surface area contributed by atoms with Gasteiger partial charge in [0, 0.05) is 0 Å². The molecule has 0 fully saturated rings. The van der Waals surface area contributed by atoms with E-state index in [1.165, 1.54) is 128 Å². The van der Waals surface area contributed by atoms with Crippen LogP contribution in [0.3, 0.4) is 0 Å². The van der Waals surface area contributed by atoms with E-state index in [1.807, 2.05) is 0 Å². The molecule has 0 heteroatoms. The molecule has 0 saturated carbocycles. The van der Waals surface area contributed by atoms with Crippen LogP contribution >= 0.6 is 0 Å². The van der Waals surface area contributed by atoms with E-state index in [2.05, 4.69) is 55.4 Å². The molecular formula is C34H70. The molecule has 0 rings (SSSR count). The number of unbranched alkanes of at least 4 members (excludes halogenated alkanes) is 12. The zero-order valence-electron chi connectivity index (χ0n) is 25.6. The van der Waals surface area contributed by atoms with Crippen molar-refractivity contribution in [3.05, 3.63) is 0 Å². The summed E-state index contributed by atoms with van der Waals surface area (Å²) < 4.78 is 0. The van der Waals surface area contributed by atoms with E-state index >= 15 is 0 Å². The molecule has 0 bridgehead atoms. The van der Waals surface area contributed by atoms with E-state index < -0.39 is 0 Å². The third-order valence-corrected chi connectivity index (χ3v) is 9.43. The van der Waals surface area contributed by atoms with Gasteiger partial charge in [0.2, 0.25) is 0 Å². The van der Waals surface area contributed by atoms with Gasteiger partial charge in [-0.1, -0.05) is 177 Å². The van der Waals surface area contributed by atoms with Crippen LogP contribution in [0.2, 0.25) is 0 Å². The number of rotatable bonds is 25. The molecule has 0 nitrogen and oxygen atoms in total. The highest BCUT2D eigenvalue weighted by atomic mass is 14.3. The molecule has 0 aliphatic heterocycles. The molecule has 6 atom stereocenters. The Balaban J connectivity index is 4.49. The minimum Gasteiger partial charge on any atom is -0.0654 e. The molecular weight excluding hydrogens is 408 g/mol.